The normalized spacial score (nSPS) is 13.8. The number of carbonyl (C=O) groups excluding carboxylic acids is 1. The minimum atomic E-state index is -0.384. The van der Waals surface area contributed by atoms with Gasteiger partial charge in [-0.25, -0.2) is 0 Å². The lowest BCUT2D eigenvalue weighted by atomic mass is 10.1. The fraction of sp³-hybridized carbons (Fsp3) is 0.909. The summed E-state index contributed by atoms with van der Waals surface area (Å²) >= 11 is 0. The highest BCUT2D eigenvalue weighted by Gasteiger charge is 2.16. The van der Waals surface area contributed by atoms with Gasteiger partial charge in [0.25, 0.3) is 0 Å². The Hall–Kier alpha value is -0.320. The number of ether oxygens (including phenoxy) is 1. The third kappa shape index (κ3) is 7.91. The second kappa shape index (κ2) is 11.2. The fourth-order valence-corrected chi connectivity index (χ4v) is 1.34. The summed E-state index contributed by atoms with van der Waals surface area (Å²) in [7, 11) is 0. The van der Waals surface area contributed by atoms with Crippen LogP contribution in [-0.4, -0.2) is 31.2 Å². The molecule has 0 aromatic heterocycles. The zero-order chi connectivity index (χ0) is 11.7. The number of carbonyl (C=O) groups is 1. The summed E-state index contributed by atoms with van der Waals surface area (Å²) in [6.07, 6.45) is 2.77. The molecule has 0 rings (SSSR count). The molecule has 1 amide bonds. The van der Waals surface area contributed by atoms with Crippen molar-refractivity contribution in [2.45, 2.75) is 52.2 Å². The zero-order valence-electron chi connectivity index (χ0n) is 10.5. The van der Waals surface area contributed by atoms with Gasteiger partial charge in [0.15, 0.2) is 0 Å². The average Bonchev–Trinajstić information content (AvgIpc) is 2.24. The van der Waals surface area contributed by atoms with Crippen molar-refractivity contribution in [1.29, 1.82) is 0 Å². The summed E-state index contributed by atoms with van der Waals surface area (Å²) < 4.78 is 5.20. The molecule has 2 atom stereocenters. The SMILES string of the molecule is CCCCC(CN)NC(=O)C(C)OCC.Cl. The van der Waals surface area contributed by atoms with Gasteiger partial charge >= 0.3 is 0 Å². The Morgan fingerprint density at radius 2 is 2.06 bits per heavy atom. The number of hydrogen-bond acceptors (Lipinski definition) is 3. The van der Waals surface area contributed by atoms with E-state index in [1.165, 1.54) is 0 Å². The van der Waals surface area contributed by atoms with Crippen molar-refractivity contribution in [2.75, 3.05) is 13.2 Å². The first-order chi connectivity index (χ1) is 7.15. The molecule has 3 N–H and O–H groups in total. The molecule has 0 aliphatic carbocycles. The molecule has 0 spiro atoms. The van der Waals surface area contributed by atoms with Crippen molar-refractivity contribution in [2.24, 2.45) is 5.73 Å². The summed E-state index contributed by atoms with van der Waals surface area (Å²) in [5, 5.41) is 2.90. The topological polar surface area (TPSA) is 64.3 Å². The fourth-order valence-electron chi connectivity index (χ4n) is 1.34. The molecule has 2 unspecified atom stereocenters. The Bertz CT molecular complexity index is 179. The van der Waals surface area contributed by atoms with Gasteiger partial charge in [0.1, 0.15) is 6.10 Å². The number of hydrogen-bond donors (Lipinski definition) is 2. The smallest absolute Gasteiger partial charge is 0.249 e. The van der Waals surface area contributed by atoms with Crippen molar-refractivity contribution in [1.82, 2.24) is 5.32 Å². The van der Waals surface area contributed by atoms with E-state index in [1.807, 2.05) is 6.92 Å². The summed E-state index contributed by atoms with van der Waals surface area (Å²) in [5.41, 5.74) is 5.58. The van der Waals surface area contributed by atoms with Crippen LogP contribution in [0.4, 0.5) is 0 Å². The number of unbranched alkanes of at least 4 members (excludes halogenated alkanes) is 1. The van der Waals surface area contributed by atoms with Crippen LogP contribution < -0.4 is 11.1 Å². The molecule has 0 fully saturated rings. The highest BCUT2D eigenvalue weighted by atomic mass is 35.5. The second-order valence-electron chi connectivity index (χ2n) is 3.68. The molecule has 0 saturated heterocycles. The lowest BCUT2D eigenvalue weighted by molar-refractivity contribution is -0.132. The van der Waals surface area contributed by atoms with Crippen LogP contribution in [0.5, 0.6) is 0 Å². The number of nitrogens with one attached hydrogen (secondary N) is 1. The molecule has 0 aliphatic rings. The molecule has 0 aromatic rings. The highest BCUT2D eigenvalue weighted by molar-refractivity contribution is 5.85. The van der Waals surface area contributed by atoms with Gasteiger partial charge in [-0.05, 0) is 20.3 Å². The summed E-state index contributed by atoms with van der Waals surface area (Å²) in [6.45, 7) is 6.80. The Labute approximate surface area is 105 Å². The zero-order valence-corrected chi connectivity index (χ0v) is 11.3. The molecule has 5 heteroatoms. The Morgan fingerprint density at radius 1 is 1.44 bits per heavy atom. The van der Waals surface area contributed by atoms with Gasteiger partial charge in [0.05, 0.1) is 0 Å². The van der Waals surface area contributed by atoms with Crippen LogP contribution in [0, 0.1) is 0 Å². The first-order valence-corrected chi connectivity index (χ1v) is 5.77. The monoisotopic (exact) mass is 252 g/mol. The Balaban J connectivity index is 0. The number of nitrogens with two attached hydrogens (primary N) is 1. The average molecular weight is 253 g/mol. The first-order valence-electron chi connectivity index (χ1n) is 5.77. The van der Waals surface area contributed by atoms with Crippen LogP contribution in [0.1, 0.15) is 40.0 Å². The molecule has 0 heterocycles. The lowest BCUT2D eigenvalue weighted by Crippen LogP contribution is -2.44. The van der Waals surface area contributed by atoms with E-state index in [-0.39, 0.29) is 30.5 Å². The highest BCUT2D eigenvalue weighted by Crippen LogP contribution is 2.00. The first kappa shape index (κ1) is 18.1. The predicted molar refractivity (Wildman–Crippen MR) is 68.8 cm³/mol. The maximum atomic E-state index is 11.6. The van der Waals surface area contributed by atoms with E-state index in [0.29, 0.717) is 13.2 Å². The third-order valence-electron chi connectivity index (χ3n) is 2.32. The van der Waals surface area contributed by atoms with Crippen molar-refractivity contribution < 1.29 is 9.53 Å². The minimum Gasteiger partial charge on any atom is -0.369 e. The van der Waals surface area contributed by atoms with Gasteiger partial charge in [-0.3, -0.25) is 4.79 Å². The summed E-state index contributed by atoms with van der Waals surface area (Å²) in [4.78, 5) is 11.6. The summed E-state index contributed by atoms with van der Waals surface area (Å²) in [5.74, 6) is -0.0663. The number of amides is 1. The van der Waals surface area contributed by atoms with Crippen LogP contribution in [0.2, 0.25) is 0 Å². The standard InChI is InChI=1S/C11H24N2O2.ClH/c1-4-6-7-10(8-12)13-11(14)9(3)15-5-2;/h9-10H,4-8,12H2,1-3H3,(H,13,14);1H. The van der Waals surface area contributed by atoms with E-state index in [1.54, 1.807) is 6.92 Å². The van der Waals surface area contributed by atoms with Gasteiger partial charge in [-0.1, -0.05) is 19.8 Å². The van der Waals surface area contributed by atoms with E-state index in [4.69, 9.17) is 10.5 Å². The van der Waals surface area contributed by atoms with Gasteiger partial charge in [-0.15, -0.1) is 12.4 Å². The molecule has 0 aliphatic heterocycles. The van der Waals surface area contributed by atoms with E-state index in [0.717, 1.165) is 19.3 Å². The number of halogens is 1. The predicted octanol–water partition coefficient (Wildman–Crippen LogP) is 1.47. The van der Waals surface area contributed by atoms with Crippen LogP contribution in [-0.2, 0) is 9.53 Å². The van der Waals surface area contributed by atoms with Gasteiger partial charge in [-0.2, -0.15) is 0 Å². The largest absolute Gasteiger partial charge is 0.369 e. The van der Waals surface area contributed by atoms with Crippen molar-refractivity contribution in [3.8, 4) is 0 Å². The molecular formula is C11H25ClN2O2. The van der Waals surface area contributed by atoms with E-state index >= 15 is 0 Å². The maximum absolute atomic E-state index is 11.6. The minimum absolute atomic E-state index is 0. The number of rotatable bonds is 8. The molecule has 16 heavy (non-hydrogen) atoms. The van der Waals surface area contributed by atoms with Crippen molar-refractivity contribution in [3.63, 3.8) is 0 Å². The molecular weight excluding hydrogens is 228 g/mol. The summed E-state index contributed by atoms with van der Waals surface area (Å²) in [6, 6.07) is 0.0837. The second-order valence-corrected chi connectivity index (χ2v) is 3.68. The van der Waals surface area contributed by atoms with Gasteiger partial charge in [0.2, 0.25) is 5.91 Å². The molecule has 0 aromatic carbocycles. The van der Waals surface area contributed by atoms with Crippen molar-refractivity contribution >= 4 is 18.3 Å². The third-order valence-corrected chi connectivity index (χ3v) is 2.32. The molecule has 4 nitrogen and oxygen atoms in total. The van der Waals surface area contributed by atoms with E-state index in [9.17, 15) is 4.79 Å². The van der Waals surface area contributed by atoms with E-state index < -0.39 is 0 Å². The van der Waals surface area contributed by atoms with Crippen LogP contribution >= 0.6 is 12.4 Å². The quantitative estimate of drug-likeness (QED) is 0.688. The van der Waals surface area contributed by atoms with Gasteiger partial charge < -0.3 is 15.8 Å². The molecule has 98 valence electrons. The molecule has 0 radical (unpaired) electrons. The van der Waals surface area contributed by atoms with Crippen molar-refractivity contribution in [3.05, 3.63) is 0 Å². The lowest BCUT2D eigenvalue weighted by Gasteiger charge is -2.19. The van der Waals surface area contributed by atoms with Crippen LogP contribution in [0.3, 0.4) is 0 Å². The van der Waals surface area contributed by atoms with Crippen LogP contribution in [0.15, 0.2) is 0 Å². The molecule has 0 saturated carbocycles. The maximum Gasteiger partial charge on any atom is 0.249 e. The van der Waals surface area contributed by atoms with E-state index in [2.05, 4.69) is 12.2 Å². The van der Waals surface area contributed by atoms with Crippen LogP contribution in [0.25, 0.3) is 0 Å². The Morgan fingerprint density at radius 3 is 2.50 bits per heavy atom. The molecule has 0 bridgehead atoms. The van der Waals surface area contributed by atoms with Gasteiger partial charge in [0, 0.05) is 19.2 Å². The Kier molecular flexibility index (Phi) is 12.6.